The highest BCUT2D eigenvalue weighted by atomic mass is 16.3. The number of aliphatic hydroxyl groups excluding tert-OH is 1. The molecule has 23 heavy (non-hydrogen) atoms. The van der Waals surface area contributed by atoms with Crippen molar-refractivity contribution < 1.29 is 9.90 Å². The quantitative estimate of drug-likeness (QED) is 0.576. The molecule has 1 saturated carbocycles. The molecule has 0 radical (unpaired) electrons. The van der Waals surface area contributed by atoms with Crippen molar-refractivity contribution in [1.29, 1.82) is 0 Å². The summed E-state index contributed by atoms with van der Waals surface area (Å²) < 4.78 is 0. The number of hydrogen-bond donors (Lipinski definition) is 1. The molecule has 1 N–H and O–H groups in total. The summed E-state index contributed by atoms with van der Waals surface area (Å²) in [5, 5.41) is 10.0. The van der Waals surface area contributed by atoms with Gasteiger partial charge in [0.05, 0.1) is 0 Å². The summed E-state index contributed by atoms with van der Waals surface area (Å²) in [6.07, 6.45) is 20.1. The summed E-state index contributed by atoms with van der Waals surface area (Å²) in [7, 11) is 0. The molecule has 0 heterocycles. The molecule has 1 fully saturated rings. The fourth-order valence-corrected chi connectivity index (χ4v) is 3.69. The maximum Gasteiger partial charge on any atom is 0.161 e. The van der Waals surface area contributed by atoms with E-state index in [0.29, 0.717) is 18.8 Å². The topological polar surface area (TPSA) is 37.3 Å². The minimum atomic E-state index is -0.706. The number of carbonyl (C=O) groups excluding carboxylic acids is 1. The van der Waals surface area contributed by atoms with Crippen LogP contribution in [0.3, 0.4) is 0 Å². The zero-order valence-electron chi connectivity index (χ0n) is 15.5. The van der Waals surface area contributed by atoms with Gasteiger partial charge in [0.1, 0.15) is 6.10 Å². The fraction of sp³-hybridized carbons (Fsp3) is 0.952. The van der Waals surface area contributed by atoms with Gasteiger partial charge in [-0.1, -0.05) is 103 Å². The Bertz CT molecular complexity index is 288. The highest BCUT2D eigenvalue weighted by molar-refractivity contribution is 5.82. The maximum atomic E-state index is 12.1. The third-order valence-corrected chi connectivity index (χ3v) is 5.35. The van der Waals surface area contributed by atoms with Crippen molar-refractivity contribution in [2.24, 2.45) is 5.92 Å². The second-order valence-electron chi connectivity index (χ2n) is 7.82. The summed E-state index contributed by atoms with van der Waals surface area (Å²) in [5.41, 5.74) is 0. The lowest BCUT2D eigenvalue weighted by Crippen LogP contribution is -2.22. The van der Waals surface area contributed by atoms with Gasteiger partial charge < -0.3 is 5.11 Å². The average Bonchev–Trinajstić information content (AvgIpc) is 2.53. The molecule has 0 saturated heterocycles. The molecule has 1 aliphatic carbocycles. The lowest BCUT2D eigenvalue weighted by Gasteiger charge is -2.14. The molecule has 2 heteroatoms. The van der Waals surface area contributed by atoms with Crippen LogP contribution >= 0.6 is 0 Å². The van der Waals surface area contributed by atoms with E-state index in [4.69, 9.17) is 0 Å². The molecule has 0 aromatic carbocycles. The zero-order chi connectivity index (χ0) is 16.8. The predicted octanol–water partition coefficient (Wildman–Crippen LogP) is 6.20. The third kappa shape index (κ3) is 11.8. The summed E-state index contributed by atoms with van der Waals surface area (Å²) in [6.45, 7) is 2.16. The van der Waals surface area contributed by atoms with Crippen molar-refractivity contribution in [2.75, 3.05) is 0 Å². The molecule has 0 bridgehead atoms. The van der Waals surface area contributed by atoms with Gasteiger partial charge in [-0.25, -0.2) is 0 Å². The number of aliphatic hydroxyl groups is 1. The molecule has 2 atom stereocenters. The molecule has 1 aliphatic rings. The molecule has 1 unspecified atom stereocenters. The average molecular weight is 325 g/mol. The number of ketones is 1. The Balaban J connectivity index is 2.27. The summed E-state index contributed by atoms with van der Waals surface area (Å²) in [6, 6.07) is 0. The minimum Gasteiger partial charge on any atom is -0.385 e. The van der Waals surface area contributed by atoms with E-state index < -0.39 is 6.10 Å². The summed E-state index contributed by atoms with van der Waals surface area (Å²) in [5.74, 6) is 0.509. The summed E-state index contributed by atoms with van der Waals surface area (Å²) in [4.78, 5) is 12.1. The molecule has 0 aliphatic heterocycles. The van der Waals surface area contributed by atoms with Gasteiger partial charge in [-0.2, -0.15) is 0 Å². The van der Waals surface area contributed by atoms with Crippen molar-refractivity contribution in [3.8, 4) is 0 Å². The number of Topliss-reactive ketones (excluding diaryl/α,β-unsaturated/α-hetero) is 1. The monoisotopic (exact) mass is 324 g/mol. The minimum absolute atomic E-state index is 0.0758. The molecule has 0 amide bonds. The first-order chi connectivity index (χ1) is 11.2. The maximum absolute atomic E-state index is 12.1. The zero-order valence-corrected chi connectivity index (χ0v) is 15.5. The van der Waals surface area contributed by atoms with Crippen LogP contribution in [0.4, 0.5) is 0 Å². The van der Waals surface area contributed by atoms with Crippen molar-refractivity contribution in [3.63, 3.8) is 0 Å². The van der Waals surface area contributed by atoms with Crippen molar-refractivity contribution in [3.05, 3.63) is 0 Å². The van der Waals surface area contributed by atoms with Crippen LogP contribution < -0.4 is 0 Å². The molecule has 1 rings (SSSR count). The van der Waals surface area contributed by atoms with Gasteiger partial charge in [0.25, 0.3) is 0 Å². The Labute approximate surface area is 144 Å². The van der Waals surface area contributed by atoms with Crippen molar-refractivity contribution >= 4 is 5.78 Å². The third-order valence-electron chi connectivity index (χ3n) is 5.35. The SMILES string of the molecule is C[C@@H]1CCCCCCCCCCCCCCCCC(O)C(=O)C1. The van der Waals surface area contributed by atoms with Gasteiger partial charge >= 0.3 is 0 Å². The van der Waals surface area contributed by atoms with Crippen LogP contribution in [0.15, 0.2) is 0 Å². The lowest BCUT2D eigenvalue weighted by atomic mass is 9.93. The van der Waals surface area contributed by atoms with Crippen LogP contribution in [0.2, 0.25) is 0 Å². The van der Waals surface area contributed by atoms with Crippen LogP contribution in [0.5, 0.6) is 0 Å². The Morgan fingerprint density at radius 2 is 1.00 bits per heavy atom. The van der Waals surface area contributed by atoms with Gasteiger partial charge in [0.2, 0.25) is 0 Å². The van der Waals surface area contributed by atoms with Gasteiger partial charge in [-0.05, 0) is 12.3 Å². The van der Waals surface area contributed by atoms with Gasteiger partial charge in [-0.3, -0.25) is 4.79 Å². The standard InChI is InChI=1S/C21H40O2/c1-19-16-14-12-10-8-6-4-2-3-5-7-9-11-13-15-17-20(22)21(23)18-19/h19-20,22H,2-18H2,1H3/t19-,20?/m1/s1. The van der Waals surface area contributed by atoms with E-state index in [9.17, 15) is 9.90 Å². The molecule has 2 nitrogen and oxygen atoms in total. The van der Waals surface area contributed by atoms with E-state index in [2.05, 4.69) is 6.92 Å². The van der Waals surface area contributed by atoms with Gasteiger partial charge in [0.15, 0.2) is 5.78 Å². The van der Waals surface area contributed by atoms with E-state index in [1.807, 2.05) is 0 Å². The first kappa shape index (κ1) is 20.7. The first-order valence-corrected chi connectivity index (χ1v) is 10.4. The Kier molecular flexibility index (Phi) is 12.6. The highest BCUT2D eigenvalue weighted by Crippen LogP contribution is 2.18. The molecule has 136 valence electrons. The smallest absolute Gasteiger partial charge is 0.161 e. The normalized spacial score (nSPS) is 29.0. The van der Waals surface area contributed by atoms with E-state index in [-0.39, 0.29) is 5.78 Å². The van der Waals surface area contributed by atoms with Crippen LogP contribution in [-0.2, 0) is 4.79 Å². The Hall–Kier alpha value is -0.370. The van der Waals surface area contributed by atoms with E-state index in [0.717, 1.165) is 12.8 Å². The van der Waals surface area contributed by atoms with Crippen molar-refractivity contribution in [2.45, 2.75) is 122 Å². The summed E-state index contributed by atoms with van der Waals surface area (Å²) >= 11 is 0. The fourth-order valence-electron chi connectivity index (χ4n) is 3.69. The first-order valence-electron chi connectivity index (χ1n) is 10.4. The van der Waals surface area contributed by atoms with Gasteiger partial charge in [-0.15, -0.1) is 0 Å². The molecule has 0 aromatic heterocycles. The predicted molar refractivity (Wildman–Crippen MR) is 98.7 cm³/mol. The number of rotatable bonds is 0. The Morgan fingerprint density at radius 3 is 1.43 bits per heavy atom. The van der Waals surface area contributed by atoms with Crippen LogP contribution in [0.1, 0.15) is 116 Å². The lowest BCUT2D eigenvalue weighted by molar-refractivity contribution is -0.128. The van der Waals surface area contributed by atoms with Crippen LogP contribution in [0.25, 0.3) is 0 Å². The molecule has 0 aromatic rings. The van der Waals surface area contributed by atoms with Crippen molar-refractivity contribution in [1.82, 2.24) is 0 Å². The largest absolute Gasteiger partial charge is 0.385 e. The van der Waals surface area contributed by atoms with Crippen LogP contribution in [0, 0.1) is 5.92 Å². The van der Waals surface area contributed by atoms with Gasteiger partial charge in [0, 0.05) is 6.42 Å². The van der Waals surface area contributed by atoms with Crippen LogP contribution in [-0.4, -0.2) is 17.0 Å². The molecular formula is C21H40O2. The molecular weight excluding hydrogens is 284 g/mol. The second kappa shape index (κ2) is 14.0. The van der Waals surface area contributed by atoms with E-state index in [1.165, 1.54) is 83.5 Å². The highest BCUT2D eigenvalue weighted by Gasteiger charge is 2.17. The van der Waals surface area contributed by atoms with E-state index in [1.54, 1.807) is 0 Å². The number of carbonyl (C=O) groups is 1. The Morgan fingerprint density at radius 1 is 0.652 bits per heavy atom. The van der Waals surface area contributed by atoms with E-state index >= 15 is 0 Å². The molecule has 0 spiro atoms. The second-order valence-corrected chi connectivity index (χ2v) is 7.82. The number of hydrogen-bond acceptors (Lipinski definition) is 2.